The molecule has 0 aliphatic rings. The highest BCUT2D eigenvalue weighted by atomic mass is 35.5. The molecule has 0 unspecified atom stereocenters. The topological polar surface area (TPSA) is 0 Å². The van der Waals surface area contributed by atoms with Gasteiger partial charge in [-0.2, -0.15) is 12.6 Å². The molecule has 0 amide bonds. The van der Waals surface area contributed by atoms with Gasteiger partial charge in [-0.1, -0.05) is 58.0 Å². The van der Waals surface area contributed by atoms with Crippen LogP contribution in [0.5, 0.6) is 0 Å². The Morgan fingerprint density at radius 1 is 0.692 bits per heavy atom. The van der Waals surface area contributed by atoms with Gasteiger partial charge in [-0.15, -0.1) is 0 Å². The second-order valence-electron chi connectivity index (χ2n) is 2.21. The maximum Gasteiger partial charge on any atom is 0.0809 e. The molecular formula is C7H3Cl5S. The van der Waals surface area contributed by atoms with Crippen molar-refractivity contribution in [1.29, 1.82) is 0 Å². The standard InChI is InChI=1S/C7H3Cl5S/c8-3-2(1-13)4(9)6(11)7(12)5(3)10/h13H,1H2. The van der Waals surface area contributed by atoms with Crippen LogP contribution >= 0.6 is 70.6 Å². The maximum atomic E-state index is 5.87. The van der Waals surface area contributed by atoms with E-state index in [1.165, 1.54) is 0 Å². The Balaban J connectivity index is 3.56. The van der Waals surface area contributed by atoms with E-state index < -0.39 is 0 Å². The van der Waals surface area contributed by atoms with Gasteiger partial charge in [0, 0.05) is 11.3 Å². The fourth-order valence-corrected chi connectivity index (χ4v) is 2.60. The van der Waals surface area contributed by atoms with Crippen molar-refractivity contribution in [1.82, 2.24) is 0 Å². The molecule has 0 nitrogen and oxygen atoms in total. The van der Waals surface area contributed by atoms with Crippen LogP contribution in [0.25, 0.3) is 0 Å². The molecule has 0 aliphatic heterocycles. The molecule has 0 bridgehead atoms. The summed E-state index contributed by atoms with van der Waals surface area (Å²) in [5.74, 6) is 0.355. The quantitative estimate of drug-likeness (QED) is 0.401. The van der Waals surface area contributed by atoms with Crippen LogP contribution in [0.15, 0.2) is 0 Å². The minimum absolute atomic E-state index is 0.170. The summed E-state index contributed by atoms with van der Waals surface area (Å²) in [5.41, 5.74) is 0.589. The molecule has 0 aromatic heterocycles. The zero-order chi connectivity index (χ0) is 10.2. The average Bonchev–Trinajstić information content (AvgIpc) is 2.13. The summed E-state index contributed by atoms with van der Waals surface area (Å²) in [5, 5.41) is 1.19. The molecule has 0 fully saturated rings. The Bertz CT molecular complexity index is 320. The number of halogens is 5. The fraction of sp³-hybridized carbons (Fsp3) is 0.143. The van der Waals surface area contributed by atoms with Crippen LogP contribution in [-0.4, -0.2) is 0 Å². The van der Waals surface area contributed by atoms with Crippen LogP contribution in [-0.2, 0) is 5.75 Å². The van der Waals surface area contributed by atoms with E-state index in [1.54, 1.807) is 0 Å². The van der Waals surface area contributed by atoms with Crippen LogP contribution < -0.4 is 0 Å². The summed E-state index contributed by atoms with van der Waals surface area (Å²) in [6.45, 7) is 0. The van der Waals surface area contributed by atoms with E-state index in [1.807, 2.05) is 0 Å². The minimum atomic E-state index is 0.170. The highest BCUT2D eigenvalue weighted by molar-refractivity contribution is 7.79. The average molecular weight is 296 g/mol. The van der Waals surface area contributed by atoms with Crippen LogP contribution in [0.4, 0.5) is 0 Å². The van der Waals surface area contributed by atoms with Crippen molar-refractivity contribution in [2.75, 3.05) is 0 Å². The van der Waals surface area contributed by atoms with E-state index in [0.29, 0.717) is 21.4 Å². The molecule has 13 heavy (non-hydrogen) atoms. The van der Waals surface area contributed by atoms with E-state index in [0.717, 1.165) is 0 Å². The first-order chi connectivity index (χ1) is 6.00. The molecule has 0 saturated carbocycles. The second-order valence-corrected chi connectivity index (χ2v) is 4.41. The van der Waals surface area contributed by atoms with E-state index in [9.17, 15) is 0 Å². The Kier molecular flexibility index (Phi) is 4.37. The SMILES string of the molecule is SCc1c(Cl)c(Cl)c(Cl)c(Cl)c1Cl. The summed E-state index contributed by atoms with van der Waals surface area (Å²) >= 11 is 33.1. The highest BCUT2D eigenvalue weighted by Crippen LogP contribution is 2.44. The first-order valence-corrected chi connectivity index (χ1v) is 5.64. The minimum Gasteiger partial charge on any atom is -0.174 e. The molecule has 72 valence electrons. The molecule has 6 heteroatoms. The van der Waals surface area contributed by atoms with Crippen molar-refractivity contribution < 1.29 is 0 Å². The molecular weight excluding hydrogens is 293 g/mol. The molecule has 1 aromatic rings. The lowest BCUT2D eigenvalue weighted by atomic mass is 10.2. The summed E-state index contributed by atoms with van der Waals surface area (Å²) in [6, 6.07) is 0. The van der Waals surface area contributed by atoms with E-state index >= 15 is 0 Å². The van der Waals surface area contributed by atoms with Crippen molar-refractivity contribution in [2.24, 2.45) is 0 Å². The number of thiol groups is 1. The molecule has 1 aromatic carbocycles. The summed E-state index contributed by atoms with van der Waals surface area (Å²) in [4.78, 5) is 0. The molecule has 0 N–H and O–H groups in total. The summed E-state index contributed by atoms with van der Waals surface area (Å²) in [6.07, 6.45) is 0. The van der Waals surface area contributed by atoms with Gasteiger partial charge in [-0.3, -0.25) is 0 Å². The monoisotopic (exact) mass is 294 g/mol. The molecule has 0 saturated heterocycles. The van der Waals surface area contributed by atoms with Crippen molar-refractivity contribution in [2.45, 2.75) is 5.75 Å². The van der Waals surface area contributed by atoms with Gasteiger partial charge < -0.3 is 0 Å². The third-order valence-electron chi connectivity index (χ3n) is 1.46. The van der Waals surface area contributed by atoms with Gasteiger partial charge in [-0.25, -0.2) is 0 Å². The lowest BCUT2D eigenvalue weighted by Crippen LogP contribution is -1.87. The number of hydrogen-bond donors (Lipinski definition) is 1. The third kappa shape index (κ3) is 2.17. The van der Waals surface area contributed by atoms with Crippen molar-refractivity contribution in [3.8, 4) is 0 Å². The Morgan fingerprint density at radius 2 is 1.00 bits per heavy atom. The van der Waals surface area contributed by atoms with Crippen molar-refractivity contribution in [3.05, 3.63) is 30.7 Å². The van der Waals surface area contributed by atoms with Crippen LogP contribution in [0.2, 0.25) is 25.1 Å². The zero-order valence-corrected chi connectivity index (χ0v) is 10.7. The molecule has 1 rings (SSSR count). The first kappa shape index (κ1) is 12.1. The fourth-order valence-electron chi connectivity index (χ4n) is 0.789. The molecule has 0 heterocycles. The zero-order valence-electron chi connectivity index (χ0n) is 6.04. The van der Waals surface area contributed by atoms with E-state index in [2.05, 4.69) is 12.6 Å². The van der Waals surface area contributed by atoms with Gasteiger partial charge in [-0.05, 0) is 0 Å². The largest absolute Gasteiger partial charge is 0.174 e. The predicted molar refractivity (Wildman–Crippen MR) is 64.2 cm³/mol. The van der Waals surface area contributed by atoms with E-state index in [-0.39, 0.29) is 15.1 Å². The lowest BCUT2D eigenvalue weighted by Gasteiger charge is -2.09. The van der Waals surface area contributed by atoms with Gasteiger partial charge in [0.25, 0.3) is 0 Å². The highest BCUT2D eigenvalue weighted by Gasteiger charge is 2.17. The maximum absolute atomic E-state index is 5.87. The molecule has 0 atom stereocenters. The Labute approximate surface area is 106 Å². The van der Waals surface area contributed by atoms with Crippen LogP contribution in [0.1, 0.15) is 5.56 Å². The smallest absolute Gasteiger partial charge is 0.0809 e. The summed E-state index contributed by atoms with van der Waals surface area (Å²) in [7, 11) is 0. The Morgan fingerprint density at radius 3 is 1.31 bits per heavy atom. The lowest BCUT2D eigenvalue weighted by molar-refractivity contribution is 1.43. The van der Waals surface area contributed by atoms with Gasteiger partial charge in [0.1, 0.15) is 0 Å². The van der Waals surface area contributed by atoms with Gasteiger partial charge in [0.05, 0.1) is 25.1 Å². The molecule has 0 spiro atoms. The normalized spacial score (nSPS) is 10.6. The van der Waals surface area contributed by atoms with E-state index in [4.69, 9.17) is 58.0 Å². The number of rotatable bonds is 1. The van der Waals surface area contributed by atoms with Crippen molar-refractivity contribution in [3.63, 3.8) is 0 Å². The number of benzene rings is 1. The van der Waals surface area contributed by atoms with Gasteiger partial charge in [0.15, 0.2) is 0 Å². The van der Waals surface area contributed by atoms with Crippen LogP contribution in [0.3, 0.4) is 0 Å². The predicted octanol–water partition coefficient (Wildman–Crippen LogP) is 5.38. The second kappa shape index (κ2) is 4.69. The molecule has 0 aliphatic carbocycles. The number of hydrogen-bond acceptors (Lipinski definition) is 1. The van der Waals surface area contributed by atoms with Crippen molar-refractivity contribution >= 4 is 70.6 Å². The third-order valence-corrected chi connectivity index (χ3v) is 4.13. The molecule has 0 radical (unpaired) electrons. The van der Waals surface area contributed by atoms with Crippen LogP contribution in [0, 0.1) is 0 Å². The van der Waals surface area contributed by atoms with Gasteiger partial charge >= 0.3 is 0 Å². The van der Waals surface area contributed by atoms with Gasteiger partial charge in [0.2, 0.25) is 0 Å². The summed E-state index contributed by atoms with van der Waals surface area (Å²) < 4.78 is 0. The Hall–Kier alpha value is 1.02. The first-order valence-electron chi connectivity index (χ1n) is 3.11.